The van der Waals surface area contributed by atoms with E-state index in [-0.39, 0.29) is 39.4 Å². The van der Waals surface area contributed by atoms with E-state index in [0.717, 1.165) is 10.9 Å². The molecule has 5 heterocycles. The average molecular weight is 801 g/mol. The van der Waals surface area contributed by atoms with Gasteiger partial charge in [0.2, 0.25) is 11.3 Å². The highest BCUT2D eigenvalue weighted by Crippen LogP contribution is 2.60. The Morgan fingerprint density at radius 3 is 2.48 bits per heavy atom. The van der Waals surface area contributed by atoms with E-state index in [2.05, 4.69) is 38.3 Å². The Bertz CT molecular complexity index is 2510. The number of carbonyl (C=O) groups is 1. The number of benzene rings is 1. The maximum atomic E-state index is 13.2. The number of hydrogen-bond donors (Lipinski definition) is 10. The summed E-state index contributed by atoms with van der Waals surface area (Å²) >= 11 is 0. The number of hydrogen-bond acceptors (Lipinski definition) is 19. The number of nitrogens with two attached hydrogens (primary N) is 1. The SMILES string of the molecule is Cc1cc2c(nc3c(=O)[nH]c(=O)[nH]c3[n+]2CC(=O)[C@H](O)[C@H](O)COP(=O)(O)OP(=O)(O)OC[C@H]2O[C@@H](n3cnc4c(N)ncnc43)[C@H](O)[C@@H]2O)c(O)c1C. The number of aliphatic hydroxyl groups excluding tert-OH is 4. The summed E-state index contributed by atoms with van der Waals surface area (Å²) in [6.07, 6.45) is -8.53. The second kappa shape index (κ2) is 14.6. The molecule has 0 saturated carbocycles. The van der Waals surface area contributed by atoms with Crippen LogP contribution in [0.1, 0.15) is 17.4 Å². The molecule has 1 aliphatic rings. The predicted molar refractivity (Wildman–Crippen MR) is 177 cm³/mol. The number of anilines is 1. The number of aliphatic hydroxyl groups is 4. The molecule has 0 bridgehead atoms. The van der Waals surface area contributed by atoms with Gasteiger partial charge in [0.05, 0.1) is 19.5 Å². The fourth-order valence-electron chi connectivity index (χ4n) is 5.57. The molecule has 0 radical (unpaired) electrons. The van der Waals surface area contributed by atoms with Crippen molar-refractivity contribution in [3.63, 3.8) is 0 Å². The summed E-state index contributed by atoms with van der Waals surface area (Å²) in [4.78, 5) is 78.2. The topological polar surface area (TPSA) is 382 Å². The van der Waals surface area contributed by atoms with E-state index in [1.54, 1.807) is 13.8 Å². The third kappa shape index (κ3) is 7.52. The third-order valence-electron chi connectivity index (χ3n) is 8.47. The minimum Gasteiger partial charge on any atom is -0.505 e. The second-order valence-electron chi connectivity index (χ2n) is 12.1. The van der Waals surface area contributed by atoms with Crippen LogP contribution in [0.25, 0.3) is 33.4 Å². The predicted octanol–water partition coefficient (Wildman–Crippen LogP) is -3.04. The molecule has 11 N–H and O–H groups in total. The number of nitrogen functional groups attached to an aromatic ring is 1. The summed E-state index contributed by atoms with van der Waals surface area (Å²) in [5.74, 6) is -1.51. The van der Waals surface area contributed by atoms with E-state index >= 15 is 0 Å². The number of imidazole rings is 1. The van der Waals surface area contributed by atoms with E-state index in [0.29, 0.717) is 11.1 Å². The van der Waals surface area contributed by atoms with Crippen LogP contribution in [0.15, 0.2) is 28.3 Å². The van der Waals surface area contributed by atoms with Crippen LogP contribution >= 0.6 is 15.6 Å². The number of phosphoric ester groups is 2. The lowest BCUT2D eigenvalue weighted by Crippen LogP contribution is -2.48. The molecule has 4 aromatic heterocycles. The number of rotatable bonds is 13. The van der Waals surface area contributed by atoms with Crippen molar-refractivity contribution < 1.29 is 71.9 Å². The number of nitrogens with one attached hydrogen (secondary N) is 2. The minimum absolute atomic E-state index is 0.0187. The van der Waals surface area contributed by atoms with Crippen LogP contribution in [0.2, 0.25) is 0 Å². The fourth-order valence-corrected chi connectivity index (χ4v) is 7.67. The standard InChI is InChI=1S/C27H31N9O16P2/c1-9-3-11-15(18(39)10(9)2)32-17-24(33-27(44)34-25(17)43)35(11)4-12(37)19(40)13(38)5-49-53(45,46)52-54(47,48)50-6-14-20(41)21(42)26(51-14)36-8-31-16-22(28)29-7-30-23(16)36/h3,7-8,13-14,19-21,26,38,40-42H,4-6H2,1-2H3,(H6,28,29,30,33,34,39,43,44,45,46,47,48)/p+1/t13-,14-,19+,20-,21-,26-/m1/s1. The van der Waals surface area contributed by atoms with Crippen molar-refractivity contribution in [1.82, 2.24) is 34.5 Å². The zero-order valence-electron chi connectivity index (χ0n) is 27.8. The van der Waals surface area contributed by atoms with Gasteiger partial charge in [0, 0.05) is 0 Å². The highest BCUT2D eigenvalue weighted by Gasteiger charge is 2.46. The molecule has 1 aromatic carbocycles. The van der Waals surface area contributed by atoms with Gasteiger partial charge >= 0.3 is 27.0 Å². The fraction of sp³-hybridized carbons (Fsp3) is 0.407. The summed E-state index contributed by atoms with van der Waals surface area (Å²) in [6.45, 7) is 0.0272. The normalized spacial score (nSPS) is 22.4. The van der Waals surface area contributed by atoms with Gasteiger partial charge in [-0.15, -0.1) is 0 Å². The number of fused-ring (bicyclic) bond motifs is 3. The largest absolute Gasteiger partial charge is 0.505 e. The van der Waals surface area contributed by atoms with E-state index in [1.807, 2.05) is 4.98 Å². The van der Waals surface area contributed by atoms with E-state index < -0.39 is 94.7 Å². The number of carbonyl (C=O) groups excluding carboxylic acids is 1. The second-order valence-corrected chi connectivity index (χ2v) is 15.1. The van der Waals surface area contributed by atoms with Gasteiger partial charge in [-0.3, -0.25) is 28.2 Å². The van der Waals surface area contributed by atoms with Crippen LogP contribution in [0.3, 0.4) is 0 Å². The van der Waals surface area contributed by atoms with Crippen molar-refractivity contribution in [1.29, 1.82) is 0 Å². The number of H-pyrrole nitrogens is 2. The molecule has 6 rings (SSSR count). The Kier molecular flexibility index (Phi) is 10.5. The highest BCUT2D eigenvalue weighted by molar-refractivity contribution is 7.61. The molecule has 1 saturated heterocycles. The van der Waals surface area contributed by atoms with Crippen LogP contribution in [0.4, 0.5) is 5.82 Å². The summed E-state index contributed by atoms with van der Waals surface area (Å²) in [5.41, 5.74) is 4.24. The molecular weight excluding hydrogens is 768 g/mol. The number of ether oxygens (including phenoxy) is 1. The number of aromatic nitrogens is 8. The molecule has 1 aliphatic heterocycles. The molecular formula is C27H32N9O16P2+. The first-order valence-corrected chi connectivity index (χ1v) is 18.5. The number of aromatic amines is 2. The van der Waals surface area contributed by atoms with Gasteiger partial charge in [-0.1, -0.05) is 0 Å². The Morgan fingerprint density at radius 1 is 1.06 bits per heavy atom. The maximum Gasteiger partial charge on any atom is 0.481 e. The summed E-state index contributed by atoms with van der Waals surface area (Å²) < 4.78 is 46.2. The molecule has 27 heteroatoms. The van der Waals surface area contributed by atoms with Gasteiger partial charge in [0.15, 0.2) is 35.3 Å². The molecule has 0 amide bonds. The smallest absolute Gasteiger partial charge is 0.481 e. The van der Waals surface area contributed by atoms with E-state index in [1.165, 1.54) is 17.0 Å². The number of Topliss-reactive ketones (excluding diaryl/α,β-unsaturated/α-hetero) is 1. The number of phenolic OH excluding ortho intramolecular Hbond substituents is 1. The van der Waals surface area contributed by atoms with Gasteiger partial charge in [-0.2, -0.15) is 9.29 Å². The van der Waals surface area contributed by atoms with E-state index in [9.17, 15) is 58.8 Å². The van der Waals surface area contributed by atoms with Gasteiger partial charge in [0.25, 0.3) is 5.56 Å². The van der Waals surface area contributed by atoms with Gasteiger partial charge in [-0.05, 0) is 31.0 Å². The Labute approximate surface area is 299 Å². The number of aromatic hydroxyl groups is 1. The Morgan fingerprint density at radius 2 is 1.76 bits per heavy atom. The van der Waals surface area contributed by atoms with Crippen molar-refractivity contribution in [3.8, 4) is 5.75 Å². The molecule has 1 fully saturated rings. The first kappa shape index (κ1) is 39.1. The summed E-state index contributed by atoms with van der Waals surface area (Å²) in [6, 6.07) is 1.48. The van der Waals surface area contributed by atoms with Crippen molar-refractivity contribution in [2.24, 2.45) is 0 Å². The van der Waals surface area contributed by atoms with Crippen LogP contribution in [0.5, 0.6) is 5.75 Å². The number of phosphoric acid groups is 2. The quantitative estimate of drug-likeness (QED) is 0.0321. The van der Waals surface area contributed by atoms with Crippen molar-refractivity contribution in [3.05, 3.63) is 50.7 Å². The van der Waals surface area contributed by atoms with Crippen LogP contribution in [0, 0.1) is 13.8 Å². The molecule has 5 aromatic rings. The number of ketones is 1. The zero-order chi connectivity index (χ0) is 39.4. The zero-order valence-corrected chi connectivity index (χ0v) is 29.6. The molecule has 25 nitrogen and oxygen atoms in total. The van der Waals surface area contributed by atoms with Crippen molar-refractivity contribution in [2.45, 2.75) is 57.1 Å². The highest BCUT2D eigenvalue weighted by atomic mass is 31.3. The Balaban J connectivity index is 1.09. The van der Waals surface area contributed by atoms with Crippen LogP contribution in [-0.2, 0) is 38.6 Å². The Hall–Kier alpha value is -4.62. The molecule has 290 valence electrons. The molecule has 54 heavy (non-hydrogen) atoms. The monoisotopic (exact) mass is 800 g/mol. The first-order valence-electron chi connectivity index (χ1n) is 15.5. The molecule has 0 aliphatic carbocycles. The molecule has 2 unspecified atom stereocenters. The van der Waals surface area contributed by atoms with Gasteiger partial charge < -0.3 is 45.8 Å². The molecule has 0 spiro atoms. The van der Waals surface area contributed by atoms with Crippen molar-refractivity contribution >= 4 is 60.6 Å². The van der Waals surface area contributed by atoms with Crippen LogP contribution in [-0.4, -0.2) is 119 Å². The van der Waals surface area contributed by atoms with Gasteiger partial charge in [-0.25, -0.2) is 38.4 Å². The lowest BCUT2D eigenvalue weighted by Gasteiger charge is -2.21. The summed E-state index contributed by atoms with van der Waals surface area (Å²) in [7, 11) is -11.1. The summed E-state index contributed by atoms with van der Waals surface area (Å²) in [5, 5.41) is 52.8. The lowest BCUT2D eigenvalue weighted by atomic mass is 10.1. The minimum atomic E-state index is -5.60. The average Bonchev–Trinajstić information content (AvgIpc) is 3.65. The van der Waals surface area contributed by atoms with E-state index in [4.69, 9.17) is 10.5 Å². The number of nitrogens with zero attached hydrogens (tertiary/aromatic N) is 6. The van der Waals surface area contributed by atoms with Gasteiger partial charge in [0.1, 0.15) is 48.1 Å². The number of aryl methyl sites for hydroxylation is 1. The van der Waals surface area contributed by atoms with Crippen molar-refractivity contribution in [2.75, 3.05) is 18.9 Å². The first-order chi connectivity index (χ1) is 25.3. The third-order valence-corrected chi connectivity index (χ3v) is 11.1. The number of phenols is 1. The molecule has 8 atom stereocenters. The lowest BCUT2D eigenvalue weighted by molar-refractivity contribution is -0.634. The maximum absolute atomic E-state index is 13.2. The van der Waals surface area contributed by atoms with Crippen LogP contribution < -0.4 is 21.5 Å².